The summed E-state index contributed by atoms with van der Waals surface area (Å²) in [5.41, 5.74) is 6.58. The van der Waals surface area contributed by atoms with Crippen molar-refractivity contribution in [1.29, 1.82) is 0 Å². The van der Waals surface area contributed by atoms with Gasteiger partial charge in [0.2, 0.25) is 17.8 Å². The molecule has 22 heavy (non-hydrogen) atoms. The number of nitrogens with two attached hydrogens (primary N) is 1. The van der Waals surface area contributed by atoms with Crippen molar-refractivity contribution in [3.63, 3.8) is 0 Å². The average molecular weight is 322 g/mol. The Labute approximate surface area is 130 Å². The van der Waals surface area contributed by atoms with Gasteiger partial charge in [-0.05, 0) is 24.0 Å². The van der Waals surface area contributed by atoms with Gasteiger partial charge in [-0.15, -0.1) is 0 Å². The van der Waals surface area contributed by atoms with Crippen molar-refractivity contribution in [3.8, 4) is 0 Å². The summed E-state index contributed by atoms with van der Waals surface area (Å²) in [6, 6.07) is 6.58. The first-order valence-electron chi connectivity index (χ1n) is 6.35. The SMILES string of the molecule is CSc1nc(N)nc(NCC(=O)Nc2cccc(CF)c2)n1. The van der Waals surface area contributed by atoms with E-state index < -0.39 is 6.67 Å². The number of halogens is 1. The number of alkyl halides is 1. The van der Waals surface area contributed by atoms with Gasteiger partial charge in [-0.25, -0.2) is 4.39 Å². The molecule has 9 heteroatoms. The molecule has 2 aromatic rings. The van der Waals surface area contributed by atoms with Crippen molar-refractivity contribution in [2.75, 3.05) is 29.2 Å². The van der Waals surface area contributed by atoms with Gasteiger partial charge >= 0.3 is 0 Å². The molecule has 4 N–H and O–H groups in total. The molecular weight excluding hydrogens is 307 g/mol. The van der Waals surface area contributed by atoms with Crippen LogP contribution in [0, 0.1) is 0 Å². The Kier molecular flexibility index (Phi) is 5.48. The van der Waals surface area contributed by atoms with E-state index in [-0.39, 0.29) is 24.3 Å². The van der Waals surface area contributed by atoms with Crippen LogP contribution in [0.25, 0.3) is 0 Å². The monoisotopic (exact) mass is 322 g/mol. The van der Waals surface area contributed by atoms with Crippen molar-refractivity contribution in [2.45, 2.75) is 11.8 Å². The Morgan fingerprint density at radius 2 is 2.18 bits per heavy atom. The molecule has 0 aliphatic carbocycles. The molecule has 0 saturated heterocycles. The second-order valence-corrected chi connectivity index (χ2v) is 5.01. The Morgan fingerprint density at radius 3 is 2.91 bits per heavy atom. The second kappa shape index (κ2) is 7.55. The molecule has 0 atom stereocenters. The molecule has 0 aliphatic rings. The van der Waals surface area contributed by atoms with Gasteiger partial charge in [-0.2, -0.15) is 15.0 Å². The number of thioether (sulfide) groups is 1. The molecule has 1 aromatic carbocycles. The van der Waals surface area contributed by atoms with Crippen LogP contribution < -0.4 is 16.4 Å². The molecule has 0 radical (unpaired) electrons. The molecule has 0 unspecified atom stereocenters. The lowest BCUT2D eigenvalue weighted by molar-refractivity contribution is -0.114. The third kappa shape index (κ3) is 4.55. The minimum Gasteiger partial charge on any atom is -0.368 e. The number of carbonyl (C=O) groups excluding carboxylic acids is 1. The van der Waals surface area contributed by atoms with Crippen LogP contribution >= 0.6 is 11.8 Å². The normalized spacial score (nSPS) is 10.3. The standard InChI is InChI=1S/C13H15FN6OS/c1-22-13-19-11(15)18-12(20-13)16-7-10(21)17-9-4-2-3-8(5-9)6-14/h2-5H,6-7H2,1H3,(H,17,21)(H3,15,16,18,19,20). The number of hydrogen-bond donors (Lipinski definition) is 3. The molecule has 116 valence electrons. The van der Waals surface area contributed by atoms with Crippen LogP contribution in [0.3, 0.4) is 0 Å². The number of benzene rings is 1. The number of hydrogen-bond acceptors (Lipinski definition) is 7. The first-order chi connectivity index (χ1) is 10.6. The van der Waals surface area contributed by atoms with Crippen molar-refractivity contribution in [3.05, 3.63) is 29.8 Å². The number of carbonyl (C=O) groups is 1. The third-order valence-corrected chi connectivity index (χ3v) is 3.13. The van der Waals surface area contributed by atoms with Crippen LogP contribution in [0.15, 0.2) is 29.4 Å². The number of anilines is 3. The predicted octanol–water partition coefficient (Wildman–Crippen LogP) is 1.70. The summed E-state index contributed by atoms with van der Waals surface area (Å²) in [7, 11) is 0. The quantitative estimate of drug-likeness (QED) is 0.695. The van der Waals surface area contributed by atoms with E-state index in [4.69, 9.17) is 5.73 Å². The smallest absolute Gasteiger partial charge is 0.243 e. The number of rotatable bonds is 6. The fourth-order valence-corrected chi connectivity index (χ4v) is 2.00. The third-order valence-electron chi connectivity index (χ3n) is 2.59. The fourth-order valence-electron chi connectivity index (χ4n) is 1.64. The van der Waals surface area contributed by atoms with Crippen molar-refractivity contribution < 1.29 is 9.18 Å². The van der Waals surface area contributed by atoms with Crippen LogP contribution in [0.4, 0.5) is 22.0 Å². The maximum absolute atomic E-state index is 12.6. The average Bonchev–Trinajstić information content (AvgIpc) is 2.52. The van der Waals surface area contributed by atoms with Gasteiger partial charge in [-0.3, -0.25) is 4.79 Å². The van der Waals surface area contributed by atoms with E-state index in [1.54, 1.807) is 24.3 Å². The lowest BCUT2D eigenvalue weighted by Crippen LogP contribution is -2.23. The highest BCUT2D eigenvalue weighted by molar-refractivity contribution is 7.98. The zero-order valence-electron chi connectivity index (χ0n) is 11.8. The first-order valence-corrected chi connectivity index (χ1v) is 7.57. The minimum atomic E-state index is -0.580. The van der Waals surface area contributed by atoms with Gasteiger partial charge in [0.15, 0.2) is 5.16 Å². The zero-order chi connectivity index (χ0) is 15.9. The predicted molar refractivity (Wildman–Crippen MR) is 84.4 cm³/mol. The molecule has 1 amide bonds. The number of nitrogens with one attached hydrogen (secondary N) is 2. The van der Waals surface area contributed by atoms with E-state index in [1.807, 2.05) is 6.26 Å². The molecule has 0 spiro atoms. The largest absolute Gasteiger partial charge is 0.368 e. The topological polar surface area (TPSA) is 106 Å². The maximum Gasteiger partial charge on any atom is 0.243 e. The molecule has 0 fully saturated rings. The van der Waals surface area contributed by atoms with Crippen LogP contribution in [0.2, 0.25) is 0 Å². The molecule has 1 heterocycles. The van der Waals surface area contributed by atoms with E-state index in [0.717, 1.165) is 0 Å². The number of nitrogens with zero attached hydrogens (tertiary/aromatic N) is 3. The maximum atomic E-state index is 12.6. The summed E-state index contributed by atoms with van der Waals surface area (Å²) in [6.45, 7) is -0.624. The van der Waals surface area contributed by atoms with E-state index in [1.165, 1.54) is 11.8 Å². The Hall–Kier alpha value is -2.42. The number of amides is 1. The second-order valence-electron chi connectivity index (χ2n) is 4.24. The van der Waals surface area contributed by atoms with Crippen molar-refractivity contribution in [1.82, 2.24) is 15.0 Å². The zero-order valence-corrected chi connectivity index (χ0v) is 12.7. The highest BCUT2D eigenvalue weighted by atomic mass is 32.2. The van der Waals surface area contributed by atoms with E-state index in [2.05, 4.69) is 25.6 Å². The highest BCUT2D eigenvalue weighted by Crippen LogP contribution is 2.13. The van der Waals surface area contributed by atoms with Gasteiger partial charge in [-0.1, -0.05) is 23.9 Å². The molecule has 0 aliphatic heterocycles. The fraction of sp³-hybridized carbons (Fsp3) is 0.231. The van der Waals surface area contributed by atoms with Crippen LogP contribution in [-0.4, -0.2) is 33.7 Å². The number of aromatic nitrogens is 3. The molecular formula is C13H15FN6OS. The van der Waals surface area contributed by atoms with Crippen LogP contribution in [0.5, 0.6) is 0 Å². The van der Waals surface area contributed by atoms with Gasteiger partial charge in [0.25, 0.3) is 0 Å². The van der Waals surface area contributed by atoms with Crippen LogP contribution in [0.1, 0.15) is 5.56 Å². The Bertz CT molecular complexity index is 669. The molecule has 1 aromatic heterocycles. The lowest BCUT2D eigenvalue weighted by atomic mass is 10.2. The first kappa shape index (κ1) is 16.0. The summed E-state index contributed by atoms with van der Waals surface area (Å²) in [6.07, 6.45) is 1.81. The van der Waals surface area contributed by atoms with E-state index in [9.17, 15) is 9.18 Å². The van der Waals surface area contributed by atoms with Gasteiger partial charge in [0.1, 0.15) is 6.67 Å². The van der Waals surface area contributed by atoms with Crippen molar-refractivity contribution in [2.24, 2.45) is 0 Å². The molecule has 0 bridgehead atoms. The Balaban J connectivity index is 1.93. The molecule has 0 saturated carbocycles. The Morgan fingerprint density at radius 1 is 1.36 bits per heavy atom. The van der Waals surface area contributed by atoms with Gasteiger partial charge in [0.05, 0.1) is 6.54 Å². The van der Waals surface area contributed by atoms with Crippen LogP contribution in [-0.2, 0) is 11.5 Å². The molecule has 7 nitrogen and oxygen atoms in total. The lowest BCUT2D eigenvalue weighted by Gasteiger charge is -2.08. The van der Waals surface area contributed by atoms with Gasteiger partial charge < -0.3 is 16.4 Å². The van der Waals surface area contributed by atoms with Crippen molar-refractivity contribution >= 4 is 35.3 Å². The van der Waals surface area contributed by atoms with Gasteiger partial charge in [0, 0.05) is 5.69 Å². The van der Waals surface area contributed by atoms with E-state index >= 15 is 0 Å². The summed E-state index contributed by atoms with van der Waals surface area (Å²) in [4.78, 5) is 23.7. The van der Waals surface area contributed by atoms with E-state index in [0.29, 0.717) is 16.4 Å². The summed E-state index contributed by atoms with van der Waals surface area (Å²) < 4.78 is 12.6. The minimum absolute atomic E-state index is 0.0445. The molecule has 2 rings (SSSR count). The summed E-state index contributed by atoms with van der Waals surface area (Å²) in [5.74, 6) is 0.00288. The highest BCUT2D eigenvalue weighted by Gasteiger charge is 2.07. The number of nitrogen functional groups attached to an aromatic ring is 1. The summed E-state index contributed by atoms with van der Waals surface area (Å²) in [5, 5.41) is 5.89. The summed E-state index contributed by atoms with van der Waals surface area (Å²) >= 11 is 1.32.